The largest absolute Gasteiger partial charge is 0.391 e. The average Bonchev–Trinajstić information content (AvgIpc) is 2.99. The topological polar surface area (TPSA) is 122 Å². The number of hydrogen-bond donors (Lipinski definition) is 5. The molecule has 0 aliphatic carbocycles. The maximum absolute atomic E-state index is 12.8. The fraction of sp³-hybridized carbons (Fsp3) is 0.944. The molecule has 2 heterocycles. The van der Waals surface area contributed by atoms with Gasteiger partial charge in [0.15, 0.2) is 0 Å². The zero-order valence-corrected chi connectivity index (χ0v) is 17.3. The van der Waals surface area contributed by atoms with Gasteiger partial charge >= 0.3 is 0 Å². The van der Waals surface area contributed by atoms with E-state index in [-0.39, 0.29) is 11.9 Å². The van der Waals surface area contributed by atoms with E-state index in [4.69, 9.17) is 4.74 Å². The number of rotatable bonds is 7. The first-order valence-corrected chi connectivity index (χ1v) is 10.9. The van der Waals surface area contributed by atoms with Gasteiger partial charge in [-0.05, 0) is 39.0 Å². The van der Waals surface area contributed by atoms with Crippen molar-refractivity contribution in [1.29, 1.82) is 0 Å². The lowest BCUT2D eigenvalue weighted by Crippen LogP contribution is -2.65. The summed E-state index contributed by atoms with van der Waals surface area (Å²) in [6.07, 6.45) is -1.50. The number of nitrogens with zero attached hydrogens (tertiary/aromatic N) is 1. The predicted octanol–water partition coefficient (Wildman–Crippen LogP) is -0.857. The Balaban J connectivity index is 2.09. The highest BCUT2D eigenvalue weighted by molar-refractivity contribution is 7.99. The molecule has 0 aromatic rings. The van der Waals surface area contributed by atoms with Gasteiger partial charge in [0.1, 0.15) is 29.9 Å². The van der Waals surface area contributed by atoms with E-state index in [1.54, 1.807) is 6.26 Å². The normalized spacial score (nSPS) is 39.9. The van der Waals surface area contributed by atoms with Crippen LogP contribution in [0.25, 0.3) is 0 Å². The van der Waals surface area contributed by atoms with Crippen LogP contribution in [0.1, 0.15) is 33.1 Å². The van der Waals surface area contributed by atoms with Crippen LogP contribution in [0, 0.1) is 5.92 Å². The van der Waals surface area contributed by atoms with Crippen molar-refractivity contribution in [3.63, 3.8) is 0 Å². The first-order valence-electron chi connectivity index (χ1n) is 9.62. The third-order valence-electron chi connectivity index (χ3n) is 5.66. The Bertz CT molecular complexity index is 494. The number of likely N-dealkylation sites (tertiary alicyclic amines) is 1. The van der Waals surface area contributed by atoms with E-state index in [0.717, 1.165) is 25.8 Å². The van der Waals surface area contributed by atoms with Gasteiger partial charge in [-0.3, -0.25) is 9.69 Å². The van der Waals surface area contributed by atoms with Crippen molar-refractivity contribution < 1.29 is 30.0 Å². The van der Waals surface area contributed by atoms with Crippen LogP contribution < -0.4 is 5.32 Å². The molecular weight excluding hydrogens is 372 g/mol. The third kappa shape index (κ3) is 5.14. The van der Waals surface area contributed by atoms with Gasteiger partial charge in [-0.2, -0.15) is 0 Å². The van der Waals surface area contributed by atoms with Crippen molar-refractivity contribution in [3.05, 3.63) is 0 Å². The summed E-state index contributed by atoms with van der Waals surface area (Å²) in [5.74, 6) is 0.245. The van der Waals surface area contributed by atoms with Crippen LogP contribution in [0.5, 0.6) is 0 Å². The molecule has 8 nitrogen and oxygen atoms in total. The molecule has 0 radical (unpaired) electrons. The number of nitrogens with one attached hydrogen (secondary N) is 1. The van der Waals surface area contributed by atoms with Gasteiger partial charge in [0.2, 0.25) is 5.91 Å². The van der Waals surface area contributed by atoms with Crippen LogP contribution in [0.3, 0.4) is 0 Å². The summed E-state index contributed by atoms with van der Waals surface area (Å²) >= 11 is 1.20. The van der Waals surface area contributed by atoms with Crippen molar-refractivity contribution in [2.24, 2.45) is 5.92 Å². The lowest BCUT2D eigenvalue weighted by Gasteiger charge is -2.44. The molecule has 9 heteroatoms. The Morgan fingerprint density at radius 1 is 1.30 bits per heavy atom. The first-order chi connectivity index (χ1) is 12.7. The van der Waals surface area contributed by atoms with Crippen LogP contribution in [-0.2, 0) is 9.53 Å². The second-order valence-corrected chi connectivity index (χ2v) is 8.73. The Labute approximate surface area is 165 Å². The van der Waals surface area contributed by atoms with Gasteiger partial charge < -0.3 is 30.5 Å². The summed E-state index contributed by atoms with van der Waals surface area (Å²) in [5.41, 5.74) is -0.755. The zero-order valence-electron chi connectivity index (χ0n) is 16.5. The standard InChI is InChI=1S/C18H34N2O6S/c1-5-6-10-7-11(20(3)8-10)17(25)19-12(9(2)21)16-14(23)13(22)15(24)18(26-16)27-4/h9-16,18,21-24H,5-8H2,1-4H3,(H,19,25)/t9-,10-,11+,12-,13+,14-,15+,16-,18+/m1/s1. The van der Waals surface area contributed by atoms with Crippen LogP contribution in [0.4, 0.5) is 0 Å². The van der Waals surface area contributed by atoms with E-state index in [1.807, 2.05) is 11.9 Å². The Morgan fingerprint density at radius 2 is 1.96 bits per heavy atom. The molecule has 2 fully saturated rings. The smallest absolute Gasteiger partial charge is 0.237 e. The van der Waals surface area contributed by atoms with Crippen LogP contribution in [0.15, 0.2) is 0 Å². The fourth-order valence-corrected chi connectivity index (χ4v) is 4.81. The first kappa shape index (κ1) is 22.9. The molecule has 27 heavy (non-hydrogen) atoms. The van der Waals surface area contributed by atoms with Crippen molar-refractivity contribution >= 4 is 17.7 Å². The number of likely N-dealkylation sites (N-methyl/N-ethyl adjacent to an activating group) is 1. The second-order valence-electron chi connectivity index (χ2n) is 7.80. The summed E-state index contributed by atoms with van der Waals surface area (Å²) in [7, 11) is 1.91. The van der Waals surface area contributed by atoms with Gasteiger partial charge in [-0.25, -0.2) is 0 Å². The molecule has 0 aromatic carbocycles. The Hall–Kier alpha value is -0.420. The monoisotopic (exact) mass is 406 g/mol. The average molecular weight is 407 g/mol. The molecule has 158 valence electrons. The minimum atomic E-state index is -1.42. The molecule has 0 unspecified atom stereocenters. The molecule has 2 saturated heterocycles. The van der Waals surface area contributed by atoms with Gasteiger partial charge in [-0.15, -0.1) is 11.8 Å². The number of aliphatic hydroxyl groups excluding tert-OH is 4. The predicted molar refractivity (Wildman–Crippen MR) is 103 cm³/mol. The maximum Gasteiger partial charge on any atom is 0.237 e. The van der Waals surface area contributed by atoms with E-state index in [1.165, 1.54) is 18.7 Å². The number of amides is 1. The molecule has 5 N–H and O–H groups in total. The minimum Gasteiger partial charge on any atom is -0.391 e. The highest BCUT2D eigenvalue weighted by atomic mass is 32.2. The van der Waals surface area contributed by atoms with Crippen molar-refractivity contribution in [3.8, 4) is 0 Å². The third-order valence-corrected chi connectivity index (χ3v) is 6.51. The molecule has 2 rings (SSSR count). The van der Waals surface area contributed by atoms with E-state index in [9.17, 15) is 25.2 Å². The number of ether oxygens (including phenoxy) is 1. The number of carbonyl (C=O) groups is 1. The van der Waals surface area contributed by atoms with E-state index < -0.39 is 42.0 Å². The molecule has 0 aromatic heterocycles. The van der Waals surface area contributed by atoms with Crippen molar-refractivity contribution in [2.75, 3.05) is 19.8 Å². The number of hydrogen-bond acceptors (Lipinski definition) is 8. The second kappa shape index (κ2) is 9.87. The fourth-order valence-electron chi connectivity index (χ4n) is 4.13. The molecule has 1 amide bonds. The lowest BCUT2D eigenvalue weighted by atomic mass is 9.92. The highest BCUT2D eigenvalue weighted by Gasteiger charge is 2.48. The summed E-state index contributed by atoms with van der Waals surface area (Å²) < 4.78 is 5.72. The highest BCUT2D eigenvalue weighted by Crippen LogP contribution is 2.30. The number of aliphatic hydroxyl groups is 4. The van der Waals surface area contributed by atoms with Gasteiger partial charge in [0.05, 0.1) is 18.2 Å². The summed E-state index contributed by atoms with van der Waals surface area (Å²) in [6, 6.07) is -1.20. The number of carbonyl (C=O) groups excluding carboxylic acids is 1. The van der Waals surface area contributed by atoms with Crippen LogP contribution in [0.2, 0.25) is 0 Å². The van der Waals surface area contributed by atoms with Gasteiger partial charge in [0.25, 0.3) is 0 Å². The maximum atomic E-state index is 12.8. The molecule has 2 aliphatic heterocycles. The van der Waals surface area contributed by atoms with Crippen molar-refractivity contribution in [1.82, 2.24) is 10.2 Å². The Kier molecular flexibility index (Phi) is 8.35. The van der Waals surface area contributed by atoms with E-state index in [0.29, 0.717) is 5.92 Å². The van der Waals surface area contributed by atoms with Gasteiger partial charge in [0, 0.05) is 6.54 Å². The van der Waals surface area contributed by atoms with Crippen molar-refractivity contribution in [2.45, 2.75) is 81.1 Å². The SMILES string of the molecule is CCC[C@@H]1C[C@@H](C(=O)N[C@@H]([C@H]2O[C@@H](SC)[C@@H](O)[C@@H](O)[C@H]2O)[C@@H](C)O)N(C)C1. The summed E-state index contributed by atoms with van der Waals surface area (Å²) in [6.45, 7) is 4.48. The molecule has 0 bridgehead atoms. The van der Waals surface area contributed by atoms with Crippen LogP contribution in [-0.4, -0.2) is 99.1 Å². The zero-order chi connectivity index (χ0) is 20.3. The summed E-state index contributed by atoms with van der Waals surface area (Å²) in [5, 5.41) is 43.5. The molecule has 2 aliphatic rings. The molecule has 0 spiro atoms. The Morgan fingerprint density at radius 3 is 2.52 bits per heavy atom. The summed E-state index contributed by atoms with van der Waals surface area (Å²) in [4.78, 5) is 14.9. The van der Waals surface area contributed by atoms with Crippen LogP contribution >= 0.6 is 11.8 Å². The molecule has 9 atom stereocenters. The number of thioether (sulfide) groups is 1. The molecule has 0 saturated carbocycles. The van der Waals surface area contributed by atoms with E-state index in [2.05, 4.69) is 12.2 Å². The molecular formula is C18H34N2O6S. The van der Waals surface area contributed by atoms with E-state index >= 15 is 0 Å². The minimum absolute atomic E-state index is 0.223. The quantitative estimate of drug-likeness (QED) is 0.370. The van der Waals surface area contributed by atoms with Gasteiger partial charge in [-0.1, -0.05) is 13.3 Å². The lowest BCUT2D eigenvalue weighted by molar-refractivity contribution is -0.211.